The third-order valence-corrected chi connectivity index (χ3v) is 5.72. The fourth-order valence-electron chi connectivity index (χ4n) is 5.56. The largest absolute Gasteiger partial charge is 0.315 e. The Kier molecular flexibility index (Phi) is 2.99. The molecular formula is C15H28N2. The summed E-state index contributed by atoms with van der Waals surface area (Å²) < 4.78 is 0. The molecule has 0 radical (unpaired) electrons. The Morgan fingerprint density at radius 3 is 1.88 bits per heavy atom. The van der Waals surface area contributed by atoms with Crippen molar-refractivity contribution in [3.63, 3.8) is 0 Å². The molecule has 0 aromatic rings. The van der Waals surface area contributed by atoms with Crippen molar-refractivity contribution >= 4 is 0 Å². The van der Waals surface area contributed by atoms with Crippen molar-refractivity contribution in [1.82, 2.24) is 10.2 Å². The zero-order valence-corrected chi connectivity index (χ0v) is 11.7. The lowest BCUT2D eigenvalue weighted by Crippen LogP contribution is -2.58. The van der Waals surface area contributed by atoms with E-state index in [0.29, 0.717) is 11.5 Å². The van der Waals surface area contributed by atoms with Crippen LogP contribution in [-0.2, 0) is 0 Å². The minimum atomic E-state index is 0.647. The predicted octanol–water partition coefficient (Wildman–Crippen LogP) is 2.35. The lowest BCUT2D eigenvalue weighted by Gasteiger charge is -2.59. The van der Waals surface area contributed by atoms with Crippen LogP contribution < -0.4 is 5.32 Å². The second-order valence-corrected chi connectivity index (χ2v) is 7.38. The lowest BCUT2D eigenvalue weighted by molar-refractivity contribution is -0.0758. The molecular weight excluding hydrogens is 208 g/mol. The lowest BCUT2D eigenvalue weighted by atomic mass is 9.47. The Morgan fingerprint density at radius 1 is 1.06 bits per heavy atom. The average Bonchev–Trinajstić information content (AvgIpc) is 2.23. The van der Waals surface area contributed by atoms with E-state index in [1.54, 1.807) is 19.3 Å². The number of likely N-dealkylation sites (N-methyl/N-ethyl adjacent to an activating group) is 2. The van der Waals surface area contributed by atoms with Crippen LogP contribution in [0.4, 0.5) is 0 Å². The highest BCUT2D eigenvalue weighted by atomic mass is 15.1. The molecule has 4 aliphatic carbocycles. The van der Waals surface area contributed by atoms with E-state index in [4.69, 9.17) is 0 Å². The Bertz CT molecular complexity index is 249. The van der Waals surface area contributed by atoms with Crippen LogP contribution in [0.5, 0.6) is 0 Å². The van der Waals surface area contributed by atoms with Gasteiger partial charge in [0, 0.05) is 12.6 Å². The quantitative estimate of drug-likeness (QED) is 0.806. The van der Waals surface area contributed by atoms with E-state index in [0.717, 1.165) is 17.8 Å². The van der Waals surface area contributed by atoms with Crippen molar-refractivity contribution in [1.29, 1.82) is 0 Å². The average molecular weight is 236 g/mol. The Morgan fingerprint density at radius 2 is 1.53 bits per heavy atom. The molecule has 0 aromatic heterocycles. The summed E-state index contributed by atoms with van der Waals surface area (Å²) in [4.78, 5) is 2.36. The SMILES string of the molecule is CNC(CN(C)C)C12CC3CC(CC(C3)C1)C2. The first-order chi connectivity index (χ1) is 8.11. The van der Waals surface area contributed by atoms with Gasteiger partial charge in [-0.1, -0.05) is 0 Å². The van der Waals surface area contributed by atoms with Crippen LogP contribution in [0.25, 0.3) is 0 Å². The van der Waals surface area contributed by atoms with Gasteiger partial charge < -0.3 is 10.2 Å². The summed E-state index contributed by atoms with van der Waals surface area (Å²) in [5.74, 6) is 3.21. The summed E-state index contributed by atoms with van der Waals surface area (Å²) in [7, 11) is 6.60. The van der Waals surface area contributed by atoms with Crippen LogP contribution in [0.3, 0.4) is 0 Å². The molecule has 17 heavy (non-hydrogen) atoms. The molecule has 4 bridgehead atoms. The van der Waals surface area contributed by atoms with Crippen molar-refractivity contribution in [3.05, 3.63) is 0 Å². The number of nitrogens with zero attached hydrogens (tertiary/aromatic N) is 1. The molecule has 0 aromatic carbocycles. The van der Waals surface area contributed by atoms with E-state index >= 15 is 0 Å². The molecule has 1 N–H and O–H groups in total. The summed E-state index contributed by atoms with van der Waals surface area (Å²) in [5.41, 5.74) is 0.647. The first kappa shape index (κ1) is 12.0. The Labute approximate surface area is 106 Å². The second kappa shape index (κ2) is 4.24. The maximum Gasteiger partial charge on any atom is 0.0248 e. The highest BCUT2D eigenvalue weighted by Crippen LogP contribution is 2.61. The van der Waals surface area contributed by atoms with Gasteiger partial charge in [-0.3, -0.25) is 0 Å². The van der Waals surface area contributed by atoms with Gasteiger partial charge in [-0.25, -0.2) is 0 Å². The molecule has 4 fully saturated rings. The van der Waals surface area contributed by atoms with Crippen molar-refractivity contribution in [2.24, 2.45) is 23.2 Å². The number of nitrogens with one attached hydrogen (secondary N) is 1. The van der Waals surface area contributed by atoms with Crippen molar-refractivity contribution in [2.75, 3.05) is 27.7 Å². The minimum absolute atomic E-state index is 0.647. The summed E-state index contributed by atoms with van der Waals surface area (Å²) in [6.07, 6.45) is 9.20. The highest BCUT2D eigenvalue weighted by molar-refractivity contribution is 5.06. The summed E-state index contributed by atoms with van der Waals surface area (Å²) >= 11 is 0. The van der Waals surface area contributed by atoms with E-state index in [1.165, 1.54) is 25.8 Å². The number of hydrogen-bond donors (Lipinski definition) is 1. The van der Waals surface area contributed by atoms with Gasteiger partial charge in [-0.05, 0) is 82.8 Å². The second-order valence-electron chi connectivity index (χ2n) is 7.38. The van der Waals surface area contributed by atoms with E-state index in [-0.39, 0.29) is 0 Å². The van der Waals surface area contributed by atoms with Crippen LogP contribution in [-0.4, -0.2) is 38.6 Å². The van der Waals surface area contributed by atoms with Gasteiger partial charge in [0.15, 0.2) is 0 Å². The molecule has 98 valence electrons. The van der Waals surface area contributed by atoms with Crippen LogP contribution in [0, 0.1) is 23.2 Å². The third-order valence-electron chi connectivity index (χ3n) is 5.72. The summed E-state index contributed by atoms with van der Waals surface area (Å²) in [5, 5.41) is 3.65. The Balaban J connectivity index is 1.80. The van der Waals surface area contributed by atoms with Gasteiger partial charge in [0.2, 0.25) is 0 Å². The van der Waals surface area contributed by atoms with E-state index in [9.17, 15) is 0 Å². The fourth-order valence-corrected chi connectivity index (χ4v) is 5.56. The standard InChI is InChI=1S/C15H28N2/c1-16-14(10-17(2)3)15-7-11-4-12(8-15)6-13(5-11)9-15/h11-14,16H,4-10H2,1-3H3. The van der Waals surface area contributed by atoms with Crippen LogP contribution in [0.2, 0.25) is 0 Å². The van der Waals surface area contributed by atoms with E-state index in [1.807, 2.05) is 0 Å². The van der Waals surface area contributed by atoms with Gasteiger partial charge in [-0.2, -0.15) is 0 Å². The highest BCUT2D eigenvalue weighted by Gasteiger charge is 2.53. The van der Waals surface area contributed by atoms with Crippen molar-refractivity contribution < 1.29 is 0 Å². The number of hydrogen-bond acceptors (Lipinski definition) is 2. The maximum absolute atomic E-state index is 3.65. The molecule has 2 heteroatoms. The summed E-state index contributed by atoms with van der Waals surface area (Å²) in [6, 6.07) is 0.714. The molecule has 4 aliphatic rings. The van der Waals surface area contributed by atoms with Crippen LogP contribution >= 0.6 is 0 Å². The minimum Gasteiger partial charge on any atom is -0.315 e. The molecule has 4 saturated carbocycles. The normalized spacial score (nSPS) is 45.5. The Hall–Kier alpha value is -0.0800. The zero-order chi connectivity index (χ0) is 12.0. The molecule has 0 amide bonds. The molecule has 4 rings (SSSR count). The smallest absolute Gasteiger partial charge is 0.0248 e. The number of rotatable bonds is 4. The third kappa shape index (κ3) is 2.04. The fraction of sp³-hybridized carbons (Fsp3) is 1.00. The molecule has 0 heterocycles. The van der Waals surface area contributed by atoms with Gasteiger partial charge >= 0.3 is 0 Å². The monoisotopic (exact) mass is 236 g/mol. The van der Waals surface area contributed by atoms with Crippen LogP contribution in [0.15, 0.2) is 0 Å². The van der Waals surface area contributed by atoms with Gasteiger partial charge in [0.05, 0.1) is 0 Å². The van der Waals surface area contributed by atoms with Crippen molar-refractivity contribution in [3.8, 4) is 0 Å². The van der Waals surface area contributed by atoms with E-state index < -0.39 is 0 Å². The summed E-state index contributed by atoms with van der Waals surface area (Å²) in [6.45, 7) is 1.21. The molecule has 1 unspecified atom stereocenters. The first-order valence-electron chi connectivity index (χ1n) is 7.43. The van der Waals surface area contributed by atoms with Crippen molar-refractivity contribution in [2.45, 2.75) is 44.6 Å². The van der Waals surface area contributed by atoms with Gasteiger partial charge in [0.25, 0.3) is 0 Å². The molecule has 0 saturated heterocycles. The zero-order valence-electron chi connectivity index (χ0n) is 11.7. The predicted molar refractivity (Wildman–Crippen MR) is 72.0 cm³/mol. The maximum atomic E-state index is 3.65. The van der Waals surface area contributed by atoms with Crippen LogP contribution in [0.1, 0.15) is 38.5 Å². The topological polar surface area (TPSA) is 15.3 Å². The molecule has 1 atom stereocenters. The molecule has 0 aliphatic heterocycles. The molecule has 2 nitrogen and oxygen atoms in total. The van der Waals surface area contributed by atoms with Gasteiger partial charge in [0.1, 0.15) is 0 Å². The molecule has 0 spiro atoms. The van der Waals surface area contributed by atoms with Gasteiger partial charge in [-0.15, -0.1) is 0 Å². The first-order valence-corrected chi connectivity index (χ1v) is 7.43. The van der Waals surface area contributed by atoms with E-state index in [2.05, 4.69) is 31.4 Å².